The fraction of sp³-hybridized carbons (Fsp3) is 1.00. The lowest BCUT2D eigenvalue weighted by molar-refractivity contribution is -0.0844. The highest BCUT2D eigenvalue weighted by Crippen LogP contribution is 2.30. The third-order valence-electron chi connectivity index (χ3n) is 3.10. The Balaban J connectivity index is 2.40. The van der Waals surface area contributed by atoms with E-state index < -0.39 is 0 Å². The minimum Gasteiger partial charge on any atom is -0.379 e. The molecule has 0 aromatic carbocycles. The van der Waals surface area contributed by atoms with Gasteiger partial charge >= 0.3 is 0 Å². The van der Waals surface area contributed by atoms with Crippen LogP contribution in [0.5, 0.6) is 0 Å². The van der Waals surface area contributed by atoms with E-state index in [1.807, 2.05) is 0 Å². The summed E-state index contributed by atoms with van der Waals surface area (Å²) in [7, 11) is 1.80. The van der Waals surface area contributed by atoms with Gasteiger partial charge in [-0.25, -0.2) is 0 Å². The number of hydrogen-bond donors (Lipinski definition) is 0. The Kier molecular flexibility index (Phi) is 4.74. The summed E-state index contributed by atoms with van der Waals surface area (Å²) >= 11 is 0. The number of hydrogen-bond acceptors (Lipinski definition) is 2. The Morgan fingerprint density at radius 1 is 1.15 bits per heavy atom. The lowest BCUT2D eigenvalue weighted by Gasteiger charge is -2.34. The topological polar surface area (TPSA) is 18.5 Å². The molecule has 0 amide bonds. The van der Waals surface area contributed by atoms with E-state index in [0.717, 1.165) is 12.5 Å². The van der Waals surface area contributed by atoms with Crippen LogP contribution in [0.4, 0.5) is 0 Å². The van der Waals surface area contributed by atoms with Gasteiger partial charge < -0.3 is 9.47 Å². The van der Waals surface area contributed by atoms with Gasteiger partial charge in [-0.1, -0.05) is 13.3 Å². The van der Waals surface area contributed by atoms with E-state index >= 15 is 0 Å². The van der Waals surface area contributed by atoms with E-state index in [2.05, 4.69) is 13.8 Å². The van der Waals surface area contributed by atoms with Gasteiger partial charge in [0, 0.05) is 13.7 Å². The van der Waals surface area contributed by atoms with Crippen molar-refractivity contribution in [2.24, 2.45) is 5.92 Å². The standard InChI is InChI=1S/C11H22O2/c1-4-9-6-7-10(13-5-2)11(8-9)12-3/h9-11H,4-8H2,1-3H3. The molecule has 0 heterocycles. The van der Waals surface area contributed by atoms with Crippen LogP contribution in [0.25, 0.3) is 0 Å². The number of ether oxygens (including phenoxy) is 2. The largest absolute Gasteiger partial charge is 0.379 e. The van der Waals surface area contributed by atoms with Crippen LogP contribution >= 0.6 is 0 Å². The van der Waals surface area contributed by atoms with Gasteiger partial charge in [0.05, 0.1) is 12.2 Å². The second-order valence-electron chi connectivity index (χ2n) is 3.86. The molecule has 2 nitrogen and oxygen atoms in total. The first-order valence-corrected chi connectivity index (χ1v) is 5.46. The second kappa shape index (κ2) is 5.61. The van der Waals surface area contributed by atoms with Crippen LogP contribution in [0.2, 0.25) is 0 Å². The average Bonchev–Trinajstić information content (AvgIpc) is 2.19. The fourth-order valence-electron chi connectivity index (χ4n) is 2.21. The van der Waals surface area contributed by atoms with Crippen molar-refractivity contribution >= 4 is 0 Å². The van der Waals surface area contributed by atoms with Crippen molar-refractivity contribution in [2.45, 2.75) is 51.7 Å². The summed E-state index contributed by atoms with van der Waals surface area (Å²) in [5.74, 6) is 0.849. The monoisotopic (exact) mass is 186 g/mol. The van der Waals surface area contributed by atoms with E-state index in [0.29, 0.717) is 12.2 Å². The Morgan fingerprint density at radius 2 is 1.92 bits per heavy atom. The van der Waals surface area contributed by atoms with Crippen molar-refractivity contribution in [3.8, 4) is 0 Å². The van der Waals surface area contributed by atoms with Crippen molar-refractivity contribution < 1.29 is 9.47 Å². The van der Waals surface area contributed by atoms with Gasteiger partial charge in [-0.2, -0.15) is 0 Å². The summed E-state index contributed by atoms with van der Waals surface area (Å²) in [6.07, 6.45) is 5.61. The molecular formula is C11H22O2. The first-order valence-electron chi connectivity index (χ1n) is 5.46. The molecule has 0 N–H and O–H groups in total. The van der Waals surface area contributed by atoms with E-state index in [9.17, 15) is 0 Å². The van der Waals surface area contributed by atoms with Crippen LogP contribution < -0.4 is 0 Å². The molecule has 1 saturated carbocycles. The van der Waals surface area contributed by atoms with Crippen LogP contribution in [0.15, 0.2) is 0 Å². The molecule has 1 fully saturated rings. The summed E-state index contributed by atoms with van der Waals surface area (Å²) in [6.45, 7) is 5.12. The van der Waals surface area contributed by atoms with E-state index in [1.165, 1.54) is 25.7 Å². The van der Waals surface area contributed by atoms with Gasteiger partial charge in [-0.15, -0.1) is 0 Å². The Hall–Kier alpha value is -0.0800. The van der Waals surface area contributed by atoms with Gasteiger partial charge in [0.25, 0.3) is 0 Å². The summed E-state index contributed by atoms with van der Waals surface area (Å²) in [6, 6.07) is 0. The van der Waals surface area contributed by atoms with Gasteiger partial charge in [0.2, 0.25) is 0 Å². The molecule has 78 valence electrons. The molecule has 0 radical (unpaired) electrons. The SMILES string of the molecule is CCOC1CCC(CC)CC1OC. The van der Waals surface area contributed by atoms with Crippen molar-refractivity contribution in [2.75, 3.05) is 13.7 Å². The van der Waals surface area contributed by atoms with Crippen LogP contribution in [0.3, 0.4) is 0 Å². The fourth-order valence-corrected chi connectivity index (χ4v) is 2.21. The quantitative estimate of drug-likeness (QED) is 0.672. The highest BCUT2D eigenvalue weighted by Gasteiger charge is 2.29. The zero-order chi connectivity index (χ0) is 9.68. The van der Waals surface area contributed by atoms with Gasteiger partial charge in [-0.3, -0.25) is 0 Å². The third-order valence-corrected chi connectivity index (χ3v) is 3.10. The molecule has 0 aliphatic heterocycles. The maximum Gasteiger partial charge on any atom is 0.0836 e. The van der Waals surface area contributed by atoms with E-state index in [4.69, 9.17) is 9.47 Å². The normalized spacial score (nSPS) is 34.8. The second-order valence-corrected chi connectivity index (χ2v) is 3.86. The molecule has 3 unspecified atom stereocenters. The number of methoxy groups -OCH3 is 1. The zero-order valence-corrected chi connectivity index (χ0v) is 9.08. The van der Waals surface area contributed by atoms with Crippen molar-refractivity contribution in [1.82, 2.24) is 0 Å². The van der Waals surface area contributed by atoms with Crippen molar-refractivity contribution in [1.29, 1.82) is 0 Å². The maximum absolute atomic E-state index is 5.65. The summed E-state index contributed by atoms with van der Waals surface area (Å²) < 4.78 is 11.1. The molecule has 1 aliphatic rings. The Labute approximate surface area is 81.6 Å². The summed E-state index contributed by atoms with van der Waals surface area (Å²) in [5.41, 5.74) is 0. The Bertz CT molecular complexity index is 136. The first kappa shape index (κ1) is 11.0. The van der Waals surface area contributed by atoms with Gasteiger partial charge in [0.15, 0.2) is 0 Å². The molecule has 1 aliphatic carbocycles. The van der Waals surface area contributed by atoms with E-state index in [1.54, 1.807) is 7.11 Å². The van der Waals surface area contributed by atoms with Gasteiger partial charge in [0.1, 0.15) is 0 Å². The predicted octanol–water partition coefficient (Wildman–Crippen LogP) is 2.62. The third kappa shape index (κ3) is 2.96. The van der Waals surface area contributed by atoms with Crippen LogP contribution in [0, 0.1) is 5.92 Å². The highest BCUT2D eigenvalue weighted by atomic mass is 16.5. The highest BCUT2D eigenvalue weighted by molar-refractivity contribution is 4.80. The minimum atomic E-state index is 0.332. The molecule has 1 rings (SSSR count). The predicted molar refractivity (Wildman–Crippen MR) is 53.8 cm³/mol. The maximum atomic E-state index is 5.65. The smallest absolute Gasteiger partial charge is 0.0836 e. The molecule has 0 aromatic heterocycles. The lowest BCUT2D eigenvalue weighted by Crippen LogP contribution is -2.37. The molecular weight excluding hydrogens is 164 g/mol. The Morgan fingerprint density at radius 3 is 2.46 bits per heavy atom. The summed E-state index contributed by atoms with van der Waals surface area (Å²) in [4.78, 5) is 0. The minimum absolute atomic E-state index is 0.332. The molecule has 13 heavy (non-hydrogen) atoms. The van der Waals surface area contributed by atoms with E-state index in [-0.39, 0.29) is 0 Å². The summed E-state index contributed by atoms with van der Waals surface area (Å²) in [5, 5.41) is 0. The average molecular weight is 186 g/mol. The lowest BCUT2D eigenvalue weighted by atomic mass is 9.84. The molecule has 0 spiro atoms. The molecule has 3 atom stereocenters. The molecule has 0 aromatic rings. The van der Waals surface area contributed by atoms with Crippen molar-refractivity contribution in [3.63, 3.8) is 0 Å². The van der Waals surface area contributed by atoms with Crippen LogP contribution in [0.1, 0.15) is 39.5 Å². The van der Waals surface area contributed by atoms with Gasteiger partial charge in [-0.05, 0) is 32.1 Å². The molecule has 0 bridgehead atoms. The van der Waals surface area contributed by atoms with Crippen LogP contribution in [-0.2, 0) is 9.47 Å². The van der Waals surface area contributed by atoms with Crippen molar-refractivity contribution in [3.05, 3.63) is 0 Å². The zero-order valence-electron chi connectivity index (χ0n) is 9.08. The molecule has 2 heteroatoms. The number of rotatable bonds is 4. The van der Waals surface area contributed by atoms with Crippen LogP contribution in [-0.4, -0.2) is 25.9 Å². The molecule has 0 saturated heterocycles. The first-order chi connectivity index (χ1) is 6.31.